The first-order valence-corrected chi connectivity index (χ1v) is 5.45. The molecule has 0 atom stereocenters. The molecular formula is C11H8O5S. The molecule has 1 aliphatic rings. The van der Waals surface area contributed by atoms with Crippen molar-refractivity contribution >= 4 is 30.5 Å². The fourth-order valence-corrected chi connectivity index (χ4v) is 1.53. The van der Waals surface area contributed by atoms with Crippen molar-refractivity contribution < 1.29 is 23.9 Å². The van der Waals surface area contributed by atoms with Crippen LogP contribution in [0, 0.1) is 0 Å². The van der Waals surface area contributed by atoms with Gasteiger partial charge >= 0.3 is 17.9 Å². The largest absolute Gasteiger partial charge is 0.461 e. The summed E-state index contributed by atoms with van der Waals surface area (Å²) in [5.74, 6) is -1.58. The Balaban J connectivity index is 2.28. The first-order valence-electron chi connectivity index (χ1n) is 4.82. The topological polar surface area (TPSA) is 69.7 Å². The summed E-state index contributed by atoms with van der Waals surface area (Å²) < 4.78 is 9.25. The molecule has 0 aromatic heterocycles. The van der Waals surface area contributed by atoms with E-state index in [4.69, 9.17) is 4.74 Å². The van der Waals surface area contributed by atoms with Crippen LogP contribution < -0.4 is 0 Å². The highest BCUT2D eigenvalue weighted by atomic mass is 32.1. The van der Waals surface area contributed by atoms with Crippen molar-refractivity contribution in [1.82, 2.24) is 0 Å². The molecule has 0 saturated heterocycles. The third-order valence-corrected chi connectivity index (χ3v) is 2.39. The number of carbonyl (C=O) groups excluding carboxylic acids is 3. The monoisotopic (exact) mass is 252 g/mol. The van der Waals surface area contributed by atoms with Gasteiger partial charge in [0, 0.05) is 5.75 Å². The van der Waals surface area contributed by atoms with E-state index in [2.05, 4.69) is 17.4 Å². The Morgan fingerprint density at radius 1 is 1.24 bits per heavy atom. The van der Waals surface area contributed by atoms with E-state index in [1.165, 1.54) is 18.2 Å². The maximum absolute atomic E-state index is 11.5. The van der Waals surface area contributed by atoms with Crippen LogP contribution in [0.15, 0.2) is 18.2 Å². The molecule has 0 bridgehead atoms. The molecule has 0 unspecified atom stereocenters. The van der Waals surface area contributed by atoms with Gasteiger partial charge < -0.3 is 9.47 Å². The number of benzene rings is 1. The van der Waals surface area contributed by atoms with Crippen LogP contribution in [-0.4, -0.2) is 30.3 Å². The van der Waals surface area contributed by atoms with E-state index in [0.29, 0.717) is 5.75 Å². The summed E-state index contributed by atoms with van der Waals surface area (Å²) in [5.41, 5.74) is 0.466. The van der Waals surface area contributed by atoms with E-state index in [-0.39, 0.29) is 23.3 Å². The molecule has 0 spiro atoms. The molecule has 1 aromatic rings. The van der Waals surface area contributed by atoms with E-state index in [1.54, 1.807) is 0 Å². The minimum absolute atomic E-state index is 0.0929. The van der Waals surface area contributed by atoms with Gasteiger partial charge in [0.15, 0.2) is 0 Å². The molecule has 0 N–H and O–H groups in total. The van der Waals surface area contributed by atoms with Gasteiger partial charge in [0.25, 0.3) is 0 Å². The van der Waals surface area contributed by atoms with Crippen molar-refractivity contribution in [2.24, 2.45) is 0 Å². The average molecular weight is 252 g/mol. The van der Waals surface area contributed by atoms with Gasteiger partial charge in [-0.3, -0.25) is 0 Å². The molecule has 0 amide bonds. The van der Waals surface area contributed by atoms with Crippen LogP contribution in [0.3, 0.4) is 0 Å². The first kappa shape index (κ1) is 11.7. The van der Waals surface area contributed by atoms with Gasteiger partial charge in [-0.15, -0.1) is 0 Å². The van der Waals surface area contributed by atoms with Crippen LogP contribution in [-0.2, 0) is 9.47 Å². The number of carbonyl (C=O) groups is 3. The zero-order chi connectivity index (χ0) is 12.4. The molecule has 17 heavy (non-hydrogen) atoms. The van der Waals surface area contributed by atoms with Crippen molar-refractivity contribution in [1.29, 1.82) is 0 Å². The zero-order valence-corrected chi connectivity index (χ0v) is 9.53. The number of cyclic esters (lactones) is 2. The fourth-order valence-electron chi connectivity index (χ4n) is 1.43. The van der Waals surface area contributed by atoms with Crippen LogP contribution in [0.2, 0.25) is 0 Å². The van der Waals surface area contributed by atoms with E-state index >= 15 is 0 Å². The normalized spacial score (nSPS) is 13.2. The maximum Gasteiger partial charge on any atom is 0.346 e. The molecule has 88 valence electrons. The SMILES string of the molecule is O=C(OCCS)c1ccc2c(c1)C(=O)OC2=O. The molecule has 5 nitrogen and oxygen atoms in total. The summed E-state index contributed by atoms with van der Waals surface area (Å²) in [6.07, 6.45) is 0. The molecule has 2 rings (SSSR count). The molecule has 0 aliphatic carbocycles. The van der Waals surface area contributed by atoms with Crippen LogP contribution in [0.4, 0.5) is 0 Å². The molecule has 1 heterocycles. The molecule has 1 aromatic carbocycles. The fraction of sp³-hybridized carbons (Fsp3) is 0.182. The van der Waals surface area contributed by atoms with Gasteiger partial charge in [0.2, 0.25) is 0 Å². The number of hydrogen-bond donors (Lipinski definition) is 1. The summed E-state index contributed by atoms with van der Waals surface area (Å²) in [7, 11) is 0. The molecule has 0 saturated carbocycles. The van der Waals surface area contributed by atoms with E-state index in [1.807, 2.05) is 0 Å². The first-order chi connectivity index (χ1) is 8.13. The molecule has 0 radical (unpaired) electrons. The van der Waals surface area contributed by atoms with Gasteiger partial charge in [0.1, 0.15) is 6.61 Å². The number of thiol groups is 1. The predicted molar refractivity (Wildman–Crippen MR) is 60.3 cm³/mol. The van der Waals surface area contributed by atoms with Crippen molar-refractivity contribution in [2.75, 3.05) is 12.4 Å². The molecular weight excluding hydrogens is 244 g/mol. The lowest BCUT2D eigenvalue weighted by atomic mass is 10.1. The smallest absolute Gasteiger partial charge is 0.346 e. The number of rotatable bonds is 3. The average Bonchev–Trinajstić information content (AvgIpc) is 2.61. The van der Waals surface area contributed by atoms with Gasteiger partial charge in [-0.25, -0.2) is 14.4 Å². The van der Waals surface area contributed by atoms with Crippen molar-refractivity contribution in [3.05, 3.63) is 34.9 Å². The maximum atomic E-state index is 11.5. The Morgan fingerprint density at radius 2 is 1.94 bits per heavy atom. The second-order valence-electron chi connectivity index (χ2n) is 3.30. The van der Waals surface area contributed by atoms with Crippen LogP contribution >= 0.6 is 12.6 Å². The number of fused-ring (bicyclic) bond motifs is 1. The Morgan fingerprint density at radius 3 is 2.65 bits per heavy atom. The lowest BCUT2D eigenvalue weighted by Gasteiger charge is -2.03. The molecule has 1 aliphatic heterocycles. The van der Waals surface area contributed by atoms with Crippen LogP contribution in [0.5, 0.6) is 0 Å². The summed E-state index contributed by atoms with van der Waals surface area (Å²) in [6, 6.07) is 4.09. The Hall–Kier alpha value is -1.82. The summed E-state index contributed by atoms with van der Waals surface area (Å²) in [5, 5.41) is 0. The summed E-state index contributed by atoms with van der Waals surface area (Å²) in [6.45, 7) is 0.183. The van der Waals surface area contributed by atoms with Gasteiger partial charge in [0.05, 0.1) is 16.7 Å². The minimum Gasteiger partial charge on any atom is -0.461 e. The number of hydrogen-bond acceptors (Lipinski definition) is 6. The van der Waals surface area contributed by atoms with Gasteiger partial charge in [-0.05, 0) is 18.2 Å². The molecule has 6 heteroatoms. The summed E-state index contributed by atoms with van der Waals surface area (Å²) in [4.78, 5) is 33.9. The second kappa shape index (κ2) is 4.58. The highest BCUT2D eigenvalue weighted by Gasteiger charge is 2.30. The summed E-state index contributed by atoms with van der Waals surface area (Å²) >= 11 is 3.90. The number of esters is 3. The Kier molecular flexibility index (Phi) is 3.14. The third-order valence-electron chi connectivity index (χ3n) is 2.20. The minimum atomic E-state index is -0.742. The van der Waals surface area contributed by atoms with E-state index < -0.39 is 17.9 Å². The Labute approximate surface area is 102 Å². The van der Waals surface area contributed by atoms with Crippen molar-refractivity contribution in [3.8, 4) is 0 Å². The highest BCUT2D eigenvalue weighted by molar-refractivity contribution is 7.80. The van der Waals surface area contributed by atoms with E-state index in [9.17, 15) is 14.4 Å². The van der Waals surface area contributed by atoms with Crippen LogP contribution in [0.25, 0.3) is 0 Å². The predicted octanol–water partition coefficient (Wildman–Crippen LogP) is 1.08. The lowest BCUT2D eigenvalue weighted by Crippen LogP contribution is -2.08. The van der Waals surface area contributed by atoms with E-state index in [0.717, 1.165) is 0 Å². The van der Waals surface area contributed by atoms with Gasteiger partial charge in [-0.2, -0.15) is 12.6 Å². The van der Waals surface area contributed by atoms with Crippen LogP contribution in [0.1, 0.15) is 31.1 Å². The van der Waals surface area contributed by atoms with Gasteiger partial charge in [-0.1, -0.05) is 0 Å². The lowest BCUT2D eigenvalue weighted by molar-refractivity contribution is 0.0443. The third kappa shape index (κ3) is 2.16. The Bertz CT molecular complexity index is 509. The second-order valence-corrected chi connectivity index (χ2v) is 3.74. The molecule has 0 fully saturated rings. The van der Waals surface area contributed by atoms with Crippen molar-refractivity contribution in [2.45, 2.75) is 0 Å². The van der Waals surface area contributed by atoms with Crippen molar-refractivity contribution in [3.63, 3.8) is 0 Å². The zero-order valence-electron chi connectivity index (χ0n) is 8.63. The quantitative estimate of drug-likeness (QED) is 0.495. The highest BCUT2D eigenvalue weighted by Crippen LogP contribution is 2.21. The standard InChI is InChI=1S/C11H8O5S/c12-9(15-3-4-17)6-1-2-7-8(5-6)11(14)16-10(7)13/h1-2,5,17H,3-4H2. The number of ether oxygens (including phenoxy) is 2.